The number of aliphatic hydroxyl groups is 1. The molecule has 0 aliphatic carbocycles. The third-order valence-corrected chi connectivity index (χ3v) is 2.80. The van der Waals surface area contributed by atoms with Gasteiger partial charge in [0.05, 0.1) is 5.60 Å². The van der Waals surface area contributed by atoms with Gasteiger partial charge in [-0.3, -0.25) is 4.79 Å². The number of carbonyl (C=O) groups is 1. The first kappa shape index (κ1) is 12.7. The van der Waals surface area contributed by atoms with Gasteiger partial charge in [-0.25, -0.2) is 0 Å². The van der Waals surface area contributed by atoms with Gasteiger partial charge in [0, 0.05) is 6.42 Å². The number of carboxylic acid groups (broad SMARTS) is 1. The van der Waals surface area contributed by atoms with Crippen molar-refractivity contribution in [3.8, 4) is 0 Å². The smallest absolute Gasteiger partial charge is 0.303 e. The van der Waals surface area contributed by atoms with Gasteiger partial charge < -0.3 is 10.2 Å². The number of aryl methyl sites for hydroxylation is 2. The molecule has 16 heavy (non-hydrogen) atoms. The first-order chi connectivity index (χ1) is 7.33. The van der Waals surface area contributed by atoms with Crippen molar-refractivity contribution in [3.05, 3.63) is 34.9 Å². The molecule has 3 nitrogen and oxygen atoms in total. The van der Waals surface area contributed by atoms with Crippen LogP contribution in [0.2, 0.25) is 0 Å². The van der Waals surface area contributed by atoms with Gasteiger partial charge in [-0.2, -0.15) is 0 Å². The minimum Gasteiger partial charge on any atom is -0.481 e. The predicted octanol–water partition coefficient (Wildman–Crippen LogP) is 2.38. The SMILES string of the molecule is Cc1ccc(C)c(C(C)(O)CCC(=O)O)c1. The molecule has 88 valence electrons. The minimum atomic E-state index is -1.07. The molecule has 0 aliphatic heterocycles. The van der Waals surface area contributed by atoms with Crippen LogP contribution in [0.4, 0.5) is 0 Å². The molecule has 0 amide bonds. The molecule has 1 aromatic rings. The molecule has 0 aromatic heterocycles. The lowest BCUT2D eigenvalue weighted by Crippen LogP contribution is -2.23. The molecule has 0 saturated carbocycles. The molecular weight excluding hydrogens is 204 g/mol. The summed E-state index contributed by atoms with van der Waals surface area (Å²) in [6, 6.07) is 5.84. The fraction of sp³-hybridized carbons (Fsp3) is 0.462. The van der Waals surface area contributed by atoms with E-state index in [9.17, 15) is 9.90 Å². The number of rotatable bonds is 4. The van der Waals surface area contributed by atoms with Gasteiger partial charge in [-0.15, -0.1) is 0 Å². The second-order valence-electron chi connectivity index (χ2n) is 4.49. The summed E-state index contributed by atoms with van der Waals surface area (Å²) in [5.74, 6) is -0.884. The zero-order valence-corrected chi connectivity index (χ0v) is 9.95. The summed E-state index contributed by atoms with van der Waals surface area (Å²) in [7, 11) is 0. The number of hydrogen-bond acceptors (Lipinski definition) is 2. The standard InChI is InChI=1S/C13H18O3/c1-9-4-5-10(2)11(8-9)13(3,16)7-6-12(14)15/h4-5,8,16H,6-7H2,1-3H3,(H,14,15). The fourth-order valence-electron chi connectivity index (χ4n) is 1.80. The molecule has 0 fully saturated rings. The van der Waals surface area contributed by atoms with E-state index >= 15 is 0 Å². The Morgan fingerprint density at radius 2 is 2.00 bits per heavy atom. The van der Waals surface area contributed by atoms with Crippen LogP contribution in [0, 0.1) is 13.8 Å². The van der Waals surface area contributed by atoms with E-state index in [-0.39, 0.29) is 12.8 Å². The van der Waals surface area contributed by atoms with Crippen molar-refractivity contribution in [2.24, 2.45) is 0 Å². The Kier molecular flexibility index (Phi) is 3.70. The monoisotopic (exact) mass is 222 g/mol. The van der Waals surface area contributed by atoms with Crippen LogP contribution >= 0.6 is 0 Å². The first-order valence-corrected chi connectivity index (χ1v) is 5.35. The molecule has 1 rings (SSSR count). The summed E-state index contributed by atoms with van der Waals surface area (Å²) in [4.78, 5) is 10.5. The third kappa shape index (κ3) is 3.07. The van der Waals surface area contributed by atoms with Crippen molar-refractivity contribution < 1.29 is 15.0 Å². The highest BCUT2D eigenvalue weighted by atomic mass is 16.4. The Morgan fingerprint density at radius 3 is 2.56 bits per heavy atom. The van der Waals surface area contributed by atoms with Gasteiger partial charge in [0.25, 0.3) is 0 Å². The first-order valence-electron chi connectivity index (χ1n) is 5.35. The number of hydrogen-bond donors (Lipinski definition) is 2. The quantitative estimate of drug-likeness (QED) is 0.822. The number of carboxylic acids is 1. The summed E-state index contributed by atoms with van der Waals surface area (Å²) >= 11 is 0. The molecule has 1 atom stereocenters. The summed E-state index contributed by atoms with van der Waals surface area (Å²) in [5.41, 5.74) is 1.79. The topological polar surface area (TPSA) is 57.5 Å². The lowest BCUT2D eigenvalue weighted by atomic mass is 9.87. The highest BCUT2D eigenvalue weighted by molar-refractivity contribution is 5.66. The maximum Gasteiger partial charge on any atom is 0.303 e. The van der Waals surface area contributed by atoms with E-state index in [4.69, 9.17) is 5.11 Å². The van der Waals surface area contributed by atoms with Crippen molar-refractivity contribution in [2.45, 2.75) is 39.2 Å². The normalized spacial score (nSPS) is 14.5. The van der Waals surface area contributed by atoms with E-state index in [2.05, 4.69) is 0 Å². The Balaban J connectivity index is 2.96. The molecule has 0 saturated heterocycles. The van der Waals surface area contributed by atoms with Crippen molar-refractivity contribution in [3.63, 3.8) is 0 Å². The lowest BCUT2D eigenvalue weighted by Gasteiger charge is -2.25. The molecule has 0 aliphatic rings. The van der Waals surface area contributed by atoms with Gasteiger partial charge in [0.2, 0.25) is 0 Å². The summed E-state index contributed by atoms with van der Waals surface area (Å²) in [6.45, 7) is 5.54. The number of aliphatic carboxylic acids is 1. The maximum atomic E-state index is 10.5. The third-order valence-electron chi connectivity index (χ3n) is 2.80. The molecule has 0 heterocycles. The Labute approximate surface area is 95.7 Å². The molecule has 0 spiro atoms. The van der Waals surface area contributed by atoms with Gasteiger partial charge in [-0.05, 0) is 38.3 Å². The Bertz CT molecular complexity index is 394. The van der Waals surface area contributed by atoms with Crippen LogP contribution in [0.5, 0.6) is 0 Å². The van der Waals surface area contributed by atoms with Crippen molar-refractivity contribution in [1.82, 2.24) is 0 Å². The van der Waals surface area contributed by atoms with Crippen LogP contribution in [0.25, 0.3) is 0 Å². The minimum absolute atomic E-state index is 0.0274. The van der Waals surface area contributed by atoms with E-state index in [0.29, 0.717) is 0 Å². The van der Waals surface area contributed by atoms with Gasteiger partial charge >= 0.3 is 5.97 Å². The molecule has 0 radical (unpaired) electrons. The predicted molar refractivity (Wildman–Crippen MR) is 62.4 cm³/mol. The largest absolute Gasteiger partial charge is 0.481 e. The van der Waals surface area contributed by atoms with Crippen molar-refractivity contribution in [2.75, 3.05) is 0 Å². The molecular formula is C13H18O3. The maximum absolute atomic E-state index is 10.5. The zero-order valence-electron chi connectivity index (χ0n) is 9.95. The van der Waals surface area contributed by atoms with Crippen LogP contribution in [-0.4, -0.2) is 16.2 Å². The summed E-state index contributed by atoms with van der Waals surface area (Å²) < 4.78 is 0. The second kappa shape index (κ2) is 4.66. The van der Waals surface area contributed by atoms with Crippen molar-refractivity contribution in [1.29, 1.82) is 0 Å². The van der Waals surface area contributed by atoms with Crippen molar-refractivity contribution >= 4 is 5.97 Å². The summed E-state index contributed by atoms with van der Waals surface area (Å²) in [5, 5.41) is 18.9. The highest BCUT2D eigenvalue weighted by Crippen LogP contribution is 2.29. The van der Waals surface area contributed by atoms with Gasteiger partial charge in [0.15, 0.2) is 0 Å². The second-order valence-corrected chi connectivity index (χ2v) is 4.49. The van der Waals surface area contributed by atoms with E-state index in [1.807, 2.05) is 32.0 Å². The fourth-order valence-corrected chi connectivity index (χ4v) is 1.80. The Morgan fingerprint density at radius 1 is 1.38 bits per heavy atom. The molecule has 2 N–H and O–H groups in total. The zero-order chi connectivity index (χ0) is 12.3. The molecule has 0 bridgehead atoms. The van der Waals surface area contributed by atoms with Crippen LogP contribution in [0.15, 0.2) is 18.2 Å². The average Bonchev–Trinajstić information content (AvgIpc) is 2.19. The molecule has 3 heteroatoms. The highest BCUT2D eigenvalue weighted by Gasteiger charge is 2.25. The lowest BCUT2D eigenvalue weighted by molar-refractivity contribution is -0.138. The van der Waals surface area contributed by atoms with Crippen LogP contribution in [-0.2, 0) is 10.4 Å². The number of benzene rings is 1. The molecule has 1 aromatic carbocycles. The molecule has 1 unspecified atom stereocenters. The average molecular weight is 222 g/mol. The van der Waals surface area contributed by atoms with Crippen LogP contribution < -0.4 is 0 Å². The van der Waals surface area contributed by atoms with Gasteiger partial charge in [0.1, 0.15) is 0 Å². The van der Waals surface area contributed by atoms with E-state index < -0.39 is 11.6 Å². The Hall–Kier alpha value is -1.35. The van der Waals surface area contributed by atoms with Crippen LogP contribution in [0.3, 0.4) is 0 Å². The van der Waals surface area contributed by atoms with E-state index in [1.165, 1.54) is 0 Å². The van der Waals surface area contributed by atoms with Gasteiger partial charge in [-0.1, -0.05) is 23.8 Å². The summed E-state index contributed by atoms with van der Waals surface area (Å²) in [6.07, 6.45) is 0.201. The van der Waals surface area contributed by atoms with E-state index in [0.717, 1.165) is 16.7 Å². The van der Waals surface area contributed by atoms with E-state index in [1.54, 1.807) is 6.92 Å². The van der Waals surface area contributed by atoms with Crippen LogP contribution in [0.1, 0.15) is 36.5 Å².